The van der Waals surface area contributed by atoms with Crippen LogP contribution >= 0.6 is 0 Å². The zero-order valence-corrected chi connectivity index (χ0v) is 70.6. The topological polar surface area (TPSA) is 206 Å². The number of methoxy groups -OCH3 is 6. The molecule has 1 aliphatic carbocycles. The second kappa shape index (κ2) is 41.0. The van der Waals surface area contributed by atoms with Crippen LogP contribution in [-0.2, 0) is 36.8 Å². The quantitative estimate of drug-likeness (QED) is 0.0400. The first kappa shape index (κ1) is 85.0. The number of pyridine rings is 5. The minimum atomic E-state index is 0.515. The Bertz CT molecular complexity index is 6180. The summed E-state index contributed by atoms with van der Waals surface area (Å²) in [6.45, 7) is 27.8. The van der Waals surface area contributed by atoms with Gasteiger partial charge in [-0.1, -0.05) is 144 Å². The molecule has 0 spiro atoms. The molecule has 1 saturated carbocycles. The van der Waals surface area contributed by atoms with E-state index in [0.717, 1.165) is 191 Å². The molecular formula is C100H105N15O6. The maximum Gasteiger partial charge on any atom is 0.156 e. The summed E-state index contributed by atoms with van der Waals surface area (Å²) < 4.78 is 40.7. The molecule has 0 radical (unpaired) electrons. The van der Waals surface area contributed by atoms with E-state index in [2.05, 4.69) is 114 Å². The van der Waals surface area contributed by atoms with Crippen molar-refractivity contribution in [3.05, 3.63) is 333 Å². The summed E-state index contributed by atoms with van der Waals surface area (Å²) in [7, 11) is 10.00. The first-order chi connectivity index (χ1) is 59.0. The molecule has 0 bridgehead atoms. The van der Waals surface area contributed by atoms with Gasteiger partial charge in [0.15, 0.2) is 57.4 Å². The van der Waals surface area contributed by atoms with Crippen LogP contribution in [0.2, 0.25) is 0 Å². The molecule has 0 aliphatic heterocycles. The Morgan fingerprint density at radius 1 is 0.347 bits per heavy atom. The van der Waals surface area contributed by atoms with Crippen LogP contribution in [0, 0.1) is 11.8 Å². The lowest BCUT2D eigenvalue weighted by atomic mass is 9.79. The molecule has 0 unspecified atom stereocenters. The molecule has 0 atom stereocenters. The van der Waals surface area contributed by atoms with Gasteiger partial charge in [0.05, 0.1) is 70.6 Å². The molecule has 17 rings (SSSR count). The average molecular weight is 1610 g/mol. The van der Waals surface area contributed by atoms with Crippen molar-refractivity contribution >= 4 is 33.8 Å². The van der Waals surface area contributed by atoms with Gasteiger partial charge in [-0.2, -0.15) is 25.5 Å². The molecule has 10 heterocycles. The second-order valence-corrected chi connectivity index (χ2v) is 30.2. The van der Waals surface area contributed by atoms with Crippen LogP contribution in [0.25, 0.3) is 90.1 Å². The fourth-order valence-electron chi connectivity index (χ4n) is 14.2. The summed E-state index contributed by atoms with van der Waals surface area (Å²) in [6.07, 6.45) is 11.7. The fourth-order valence-corrected chi connectivity index (χ4v) is 14.2. The maximum absolute atomic E-state index is 5.24. The number of nitrogens with zero attached hydrogens (tertiary/aromatic N) is 15. The van der Waals surface area contributed by atoms with Crippen molar-refractivity contribution in [1.29, 1.82) is 0 Å². The molecule has 6 aromatic carbocycles. The van der Waals surface area contributed by atoms with Crippen LogP contribution in [0.5, 0.6) is 28.7 Å². The molecule has 0 saturated heterocycles. The number of benzene rings is 6. The van der Waals surface area contributed by atoms with Crippen molar-refractivity contribution in [2.45, 2.75) is 97.8 Å². The summed E-state index contributed by atoms with van der Waals surface area (Å²) in [5.74, 6) is 9.48. The Kier molecular flexibility index (Phi) is 28.8. The van der Waals surface area contributed by atoms with Gasteiger partial charge in [0.25, 0.3) is 0 Å². The number of unbranched alkanes of at least 4 members (excludes halogenated alkanes) is 1. The largest absolute Gasteiger partial charge is 0.497 e. The van der Waals surface area contributed by atoms with Gasteiger partial charge in [-0.05, 0) is 243 Å². The van der Waals surface area contributed by atoms with E-state index in [1.165, 1.54) is 48.8 Å². The molecular weight excluding hydrogens is 1510 g/mol. The highest BCUT2D eigenvalue weighted by Crippen LogP contribution is 2.35. The highest BCUT2D eigenvalue weighted by atomic mass is 16.5. The highest BCUT2D eigenvalue weighted by Gasteiger charge is 2.23. The summed E-state index contributed by atoms with van der Waals surface area (Å²) in [5.41, 5.74) is 21.4. The van der Waals surface area contributed by atoms with Crippen LogP contribution in [0.15, 0.2) is 298 Å². The minimum absolute atomic E-state index is 0.515. The third kappa shape index (κ3) is 21.9. The first-order valence-electron chi connectivity index (χ1n) is 40.8. The summed E-state index contributed by atoms with van der Waals surface area (Å²) in [4.78, 5) is 23.2. The molecule has 21 nitrogen and oxygen atoms in total. The normalized spacial score (nSPS) is 11.7. The van der Waals surface area contributed by atoms with Gasteiger partial charge in [0.1, 0.15) is 28.7 Å². The van der Waals surface area contributed by atoms with Crippen molar-refractivity contribution in [3.8, 4) is 85.0 Å². The summed E-state index contributed by atoms with van der Waals surface area (Å²) >= 11 is 0. The first-order valence-corrected chi connectivity index (χ1v) is 40.8. The third-order valence-electron chi connectivity index (χ3n) is 20.7. The number of fused-ring (bicyclic) bond motifs is 5. The number of hydrogen-bond acceptors (Lipinski definition) is 16. The number of ether oxygens (including phenoxy) is 6. The van der Waals surface area contributed by atoms with E-state index in [0.29, 0.717) is 31.3 Å². The molecule has 16 aromatic rings. The molecule has 1 aliphatic rings. The Morgan fingerprint density at radius 2 is 0.645 bits per heavy atom. The van der Waals surface area contributed by atoms with E-state index in [4.69, 9.17) is 48.8 Å². The van der Waals surface area contributed by atoms with E-state index in [9.17, 15) is 0 Å². The lowest BCUT2D eigenvalue weighted by Crippen LogP contribution is -2.14. The Labute approximate surface area is 707 Å². The predicted octanol–water partition coefficient (Wildman–Crippen LogP) is 21.4. The monoisotopic (exact) mass is 1610 g/mol. The molecule has 10 aromatic heterocycles. The minimum Gasteiger partial charge on any atom is -0.497 e. The molecule has 21 heteroatoms. The van der Waals surface area contributed by atoms with Crippen molar-refractivity contribution in [2.75, 3.05) is 49.3 Å². The van der Waals surface area contributed by atoms with E-state index in [1.54, 1.807) is 42.7 Å². The van der Waals surface area contributed by atoms with Crippen LogP contribution in [-0.4, -0.2) is 122 Å². The van der Waals surface area contributed by atoms with Crippen molar-refractivity contribution in [3.63, 3.8) is 0 Å². The molecule has 616 valence electrons. The summed E-state index contributed by atoms with van der Waals surface area (Å²) in [5, 5.41) is 23.4. The number of rotatable bonds is 29. The van der Waals surface area contributed by atoms with Gasteiger partial charge in [-0.3, -0.25) is 0 Å². The summed E-state index contributed by atoms with van der Waals surface area (Å²) in [6, 6.07) is 80.1. The third-order valence-corrected chi connectivity index (χ3v) is 20.7. The fraction of sp³-hybridized carbons (Fsp3) is 0.240. The Balaban J connectivity index is 0.000000131. The number of allylic oxidation sites excluding steroid dienone is 4. The Morgan fingerprint density at radius 3 is 0.926 bits per heavy atom. The molecule has 0 N–H and O–H groups in total. The SMILES string of the molecule is C=C(CCCC)Cc1nc2cccc(-c3ccc(OC)cc3)n2n1.C=C(COC)Cc1nc2cccc(-c3ccc(OC)cc3)n2n1.C=C(Cc1nc2cccc(-c3ccc(OC)cc3)n2n1)C1CCC1.C=C(Cc1nc2cccc(-c3ccc(OC)cc3)n2n1)CC(C)C.C=C(Cc1nc2cccc(-c3ccc(OC)cc3)n2n1)c1ccccc1. The van der Waals surface area contributed by atoms with Crippen LogP contribution in [0.1, 0.15) is 100 Å². The lowest BCUT2D eigenvalue weighted by molar-refractivity contribution is 0.224. The number of hydrogen-bond donors (Lipinski definition) is 0. The zero-order chi connectivity index (χ0) is 84.7. The van der Waals surface area contributed by atoms with E-state index >= 15 is 0 Å². The Hall–Kier alpha value is -13.9. The van der Waals surface area contributed by atoms with Gasteiger partial charge >= 0.3 is 0 Å². The van der Waals surface area contributed by atoms with Gasteiger partial charge in [-0.25, -0.2) is 47.5 Å². The van der Waals surface area contributed by atoms with Gasteiger partial charge < -0.3 is 28.4 Å². The highest BCUT2D eigenvalue weighted by molar-refractivity contribution is 5.70. The standard InChI is InChI=1S/C22H19N3O.C20H21N3O.2C20H23N3O.C18H19N3O2/c1-16(17-7-4-3-5-8-17)15-21-23-22-10-6-9-20(25(22)24-21)18-11-13-19(26-2)14-12-18;1-14(15-5-3-6-15)13-19-21-20-8-4-7-18(23(20)22-19)16-9-11-17(24-2)12-10-16;1-14(2)12-15(3)13-19-21-20-7-5-6-18(23(20)22-19)16-8-10-17(24-4)11-9-16;1-4-5-7-15(2)14-19-21-20-9-6-8-18(23(20)22-19)16-10-12-17(24-3)13-11-16;1-13(12-22-2)11-17-19-18-6-4-5-16(21(18)20-17)14-7-9-15(23-3)10-8-14/h3-14H,1,15H2,2H3;4,7-12,15H,1,3,5-6,13H2,2H3;5-11,14H,3,12-13H2,1-2,4H3;6,8-13H,2,4-5,7,14H2,1,3H3;4-10H,1,11-12H2,2-3H3. The van der Waals surface area contributed by atoms with Crippen molar-refractivity contribution < 1.29 is 28.4 Å². The van der Waals surface area contributed by atoms with E-state index in [-0.39, 0.29) is 0 Å². The number of aromatic nitrogens is 15. The van der Waals surface area contributed by atoms with Crippen LogP contribution < -0.4 is 23.7 Å². The van der Waals surface area contributed by atoms with Crippen LogP contribution in [0.3, 0.4) is 0 Å². The smallest absolute Gasteiger partial charge is 0.156 e. The molecule has 121 heavy (non-hydrogen) atoms. The van der Waals surface area contributed by atoms with Gasteiger partial charge in [-0.15, -0.1) is 0 Å². The zero-order valence-electron chi connectivity index (χ0n) is 70.6. The van der Waals surface area contributed by atoms with E-state index in [1.807, 2.05) is 235 Å². The molecule has 0 amide bonds. The van der Waals surface area contributed by atoms with E-state index < -0.39 is 0 Å². The predicted molar refractivity (Wildman–Crippen MR) is 484 cm³/mol. The maximum atomic E-state index is 5.24. The van der Waals surface area contributed by atoms with Gasteiger partial charge in [0.2, 0.25) is 0 Å². The van der Waals surface area contributed by atoms with Crippen LogP contribution in [0.4, 0.5) is 0 Å². The average Bonchev–Trinajstić information content (AvgIpc) is 1.69. The van der Waals surface area contributed by atoms with Crippen molar-refractivity contribution in [2.24, 2.45) is 11.8 Å². The van der Waals surface area contributed by atoms with Gasteiger partial charge in [0, 0.05) is 67.0 Å². The molecule has 1 fully saturated rings. The van der Waals surface area contributed by atoms with Crippen molar-refractivity contribution in [1.82, 2.24) is 73.0 Å². The lowest BCUT2D eigenvalue weighted by Gasteiger charge is -2.26. The second-order valence-electron chi connectivity index (χ2n) is 30.2.